The third kappa shape index (κ3) is 2.97. The molecule has 0 aliphatic heterocycles. The first-order valence-electron chi connectivity index (χ1n) is 9.56. The van der Waals surface area contributed by atoms with Crippen LogP contribution >= 0.6 is 0 Å². The molecular formula is C21H21N7O. The smallest absolute Gasteiger partial charge is 0.276 e. The summed E-state index contributed by atoms with van der Waals surface area (Å²) in [7, 11) is 1.86. The van der Waals surface area contributed by atoms with E-state index in [1.165, 1.54) is 0 Å². The zero-order chi connectivity index (χ0) is 20.0. The number of rotatable bonds is 5. The topological polar surface area (TPSA) is 109 Å². The molecule has 0 bridgehead atoms. The molecule has 5 rings (SSSR count). The Kier molecular flexibility index (Phi) is 3.94. The molecule has 1 unspecified atom stereocenters. The van der Waals surface area contributed by atoms with E-state index >= 15 is 0 Å². The number of nitrogens with two attached hydrogens (primary N) is 1. The maximum absolute atomic E-state index is 5.59. The van der Waals surface area contributed by atoms with Gasteiger partial charge in [-0.2, -0.15) is 10.1 Å². The number of benzene rings is 1. The van der Waals surface area contributed by atoms with Crippen LogP contribution in [0.5, 0.6) is 0 Å². The molecule has 0 radical (unpaired) electrons. The van der Waals surface area contributed by atoms with Gasteiger partial charge in [0.05, 0.1) is 5.41 Å². The van der Waals surface area contributed by atoms with Gasteiger partial charge < -0.3 is 10.3 Å². The molecule has 0 spiro atoms. The SMILES string of the molecule is Cn1nccc1-c1nc(C(C)(c2ccc(-c3cnc(N)nc3)cc2)C2CC2)no1. The highest BCUT2D eigenvalue weighted by Crippen LogP contribution is 2.50. The van der Waals surface area contributed by atoms with E-state index in [4.69, 9.17) is 15.2 Å². The maximum atomic E-state index is 5.59. The summed E-state index contributed by atoms with van der Waals surface area (Å²) in [6, 6.07) is 10.3. The fraction of sp³-hybridized carbons (Fsp3) is 0.286. The fourth-order valence-corrected chi connectivity index (χ4v) is 3.83. The van der Waals surface area contributed by atoms with Crippen LogP contribution in [0.15, 0.2) is 53.4 Å². The molecule has 1 saturated carbocycles. The van der Waals surface area contributed by atoms with Crippen molar-refractivity contribution in [2.24, 2.45) is 13.0 Å². The zero-order valence-electron chi connectivity index (χ0n) is 16.3. The monoisotopic (exact) mass is 387 g/mol. The van der Waals surface area contributed by atoms with E-state index in [-0.39, 0.29) is 11.4 Å². The average Bonchev–Trinajstić information content (AvgIpc) is 3.33. The third-order valence-electron chi connectivity index (χ3n) is 5.81. The number of aryl methyl sites for hydroxylation is 1. The zero-order valence-corrected chi connectivity index (χ0v) is 16.3. The minimum Gasteiger partial charge on any atom is -0.368 e. The number of hydrogen-bond donors (Lipinski definition) is 1. The van der Waals surface area contributed by atoms with Crippen molar-refractivity contribution in [3.8, 4) is 22.7 Å². The Bertz CT molecular complexity index is 1140. The molecule has 0 saturated heterocycles. The summed E-state index contributed by atoms with van der Waals surface area (Å²) in [5, 5.41) is 8.54. The van der Waals surface area contributed by atoms with Crippen LogP contribution in [0.4, 0.5) is 5.95 Å². The van der Waals surface area contributed by atoms with Gasteiger partial charge >= 0.3 is 0 Å². The molecule has 4 aromatic rings. The van der Waals surface area contributed by atoms with Gasteiger partial charge in [0.25, 0.3) is 5.89 Å². The second-order valence-electron chi connectivity index (χ2n) is 7.65. The van der Waals surface area contributed by atoms with Crippen molar-refractivity contribution >= 4 is 5.95 Å². The summed E-state index contributed by atoms with van der Waals surface area (Å²) in [6.07, 6.45) is 7.49. The number of anilines is 1. The summed E-state index contributed by atoms with van der Waals surface area (Å²) in [6.45, 7) is 2.20. The summed E-state index contributed by atoms with van der Waals surface area (Å²) in [4.78, 5) is 12.9. The molecule has 3 aromatic heterocycles. The normalized spacial score (nSPS) is 15.9. The largest absolute Gasteiger partial charge is 0.368 e. The van der Waals surface area contributed by atoms with E-state index in [1.807, 2.05) is 13.1 Å². The van der Waals surface area contributed by atoms with Crippen molar-refractivity contribution in [3.63, 3.8) is 0 Å². The Balaban J connectivity index is 1.51. The van der Waals surface area contributed by atoms with Crippen molar-refractivity contribution in [1.29, 1.82) is 0 Å². The van der Waals surface area contributed by atoms with E-state index in [2.05, 4.69) is 51.4 Å². The van der Waals surface area contributed by atoms with Crippen molar-refractivity contribution in [2.75, 3.05) is 5.73 Å². The van der Waals surface area contributed by atoms with Crippen LogP contribution in [0.3, 0.4) is 0 Å². The average molecular weight is 387 g/mol. The standard InChI is InChI=1S/C21H21N7O/c1-21(16-7-8-16,19-26-18(29-27-19)17-9-10-25-28(17)2)15-5-3-13(4-6-15)14-11-23-20(22)24-12-14/h3-6,9-12,16H,7-8H2,1-2H3,(H2,22,23,24). The molecular weight excluding hydrogens is 366 g/mol. The van der Waals surface area contributed by atoms with Crippen molar-refractivity contribution in [1.82, 2.24) is 29.9 Å². The van der Waals surface area contributed by atoms with Gasteiger partial charge in [0.2, 0.25) is 5.95 Å². The lowest BCUT2D eigenvalue weighted by Crippen LogP contribution is -2.28. The Morgan fingerprint density at radius 2 is 1.79 bits per heavy atom. The summed E-state index contributed by atoms with van der Waals surface area (Å²) < 4.78 is 7.32. The van der Waals surface area contributed by atoms with E-state index in [1.54, 1.807) is 23.3 Å². The first-order chi connectivity index (χ1) is 14.1. The van der Waals surface area contributed by atoms with Gasteiger partial charge in [-0.15, -0.1) is 0 Å². The predicted octanol–water partition coefficient (Wildman–Crippen LogP) is 3.23. The fourth-order valence-electron chi connectivity index (χ4n) is 3.83. The van der Waals surface area contributed by atoms with Gasteiger partial charge in [-0.05, 0) is 42.9 Å². The van der Waals surface area contributed by atoms with E-state index < -0.39 is 0 Å². The molecule has 146 valence electrons. The summed E-state index contributed by atoms with van der Waals surface area (Å²) in [5.74, 6) is 1.96. The number of hydrogen-bond acceptors (Lipinski definition) is 7. The molecule has 8 nitrogen and oxygen atoms in total. The van der Waals surface area contributed by atoms with Crippen LogP contribution in [-0.4, -0.2) is 29.9 Å². The first-order valence-corrected chi connectivity index (χ1v) is 9.56. The van der Waals surface area contributed by atoms with Crippen molar-refractivity contribution < 1.29 is 4.52 Å². The molecule has 3 heterocycles. The molecule has 8 heteroatoms. The highest BCUT2D eigenvalue weighted by atomic mass is 16.5. The highest BCUT2D eigenvalue weighted by Gasteiger charge is 2.47. The van der Waals surface area contributed by atoms with Gasteiger partial charge in [0, 0.05) is 31.2 Å². The van der Waals surface area contributed by atoms with E-state index in [0.29, 0.717) is 17.6 Å². The second kappa shape index (κ2) is 6.51. The Labute approximate surface area is 167 Å². The lowest BCUT2D eigenvalue weighted by Gasteiger charge is -2.27. The molecule has 1 aromatic carbocycles. The van der Waals surface area contributed by atoms with Crippen LogP contribution in [0.2, 0.25) is 0 Å². The predicted molar refractivity (Wildman–Crippen MR) is 108 cm³/mol. The van der Waals surface area contributed by atoms with Gasteiger partial charge in [0.15, 0.2) is 5.82 Å². The van der Waals surface area contributed by atoms with Crippen molar-refractivity contribution in [2.45, 2.75) is 25.2 Å². The second-order valence-corrected chi connectivity index (χ2v) is 7.65. The Hall–Kier alpha value is -3.55. The lowest BCUT2D eigenvalue weighted by molar-refractivity contribution is 0.385. The highest BCUT2D eigenvalue weighted by molar-refractivity contribution is 5.62. The van der Waals surface area contributed by atoms with Crippen molar-refractivity contribution in [3.05, 3.63) is 60.3 Å². The summed E-state index contributed by atoms with van der Waals surface area (Å²) in [5.41, 5.74) is 9.21. The van der Waals surface area contributed by atoms with E-state index in [9.17, 15) is 0 Å². The molecule has 29 heavy (non-hydrogen) atoms. The van der Waals surface area contributed by atoms with Crippen LogP contribution in [0.25, 0.3) is 22.7 Å². The minimum absolute atomic E-state index is 0.271. The number of nitrogens with zero attached hydrogens (tertiary/aromatic N) is 6. The third-order valence-corrected chi connectivity index (χ3v) is 5.81. The molecule has 1 aliphatic carbocycles. The van der Waals surface area contributed by atoms with Crippen LogP contribution in [0, 0.1) is 5.92 Å². The lowest BCUT2D eigenvalue weighted by atomic mass is 9.77. The molecule has 0 amide bonds. The Morgan fingerprint density at radius 3 is 2.41 bits per heavy atom. The van der Waals surface area contributed by atoms with Crippen LogP contribution < -0.4 is 5.73 Å². The number of aromatic nitrogens is 6. The van der Waals surface area contributed by atoms with Crippen LogP contribution in [-0.2, 0) is 12.5 Å². The first kappa shape index (κ1) is 17.5. The van der Waals surface area contributed by atoms with Gasteiger partial charge in [-0.1, -0.05) is 29.4 Å². The van der Waals surface area contributed by atoms with Gasteiger partial charge in [-0.25, -0.2) is 9.97 Å². The minimum atomic E-state index is -0.309. The Morgan fingerprint density at radius 1 is 1.07 bits per heavy atom. The molecule has 2 N–H and O–H groups in total. The molecule has 1 aliphatic rings. The molecule has 1 atom stereocenters. The molecule has 1 fully saturated rings. The van der Waals surface area contributed by atoms with Gasteiger partial charge in [0.1, 0.15) is 5.69 Å². The van der Waals surface area contributed by atoms with Crippen LogP contribution in [0.1, 0.15) is 31.2 Å². The summed E-state index contributed by atoms with van der Waals surface area (Å²) >= 11 is 0. The maximum Gasteiger partial charge on any atom is 0.276 e. The van der Waals surface area contributed by atoms with Gasteiger partial charge in [-0.3, -0.25) is 4.68 Å². The number of nitrogen functional groups attached to an aromatic ring is 1. The van der Waals surface area contributed by atoms with E-state index in [0.717, 1.165) is 35.2 Å². The quantitative estimate of drug-likeness (QED) is 0.560.